The van der Waals surface area contributed by atoms with Gasteiger partial charge in [0.15, 0.2) is 11.6 Å². The Kier molecular flexibility index (Phi) is 4.44. The van der Waals surface area contributed by atoms with Gasteiger partial charge < -0.3 is 25.2 Å². The quantitative estimate of drug-likeness (QED) is 0.471. The molecule has 2 atom stereocenters. The number of Topliss-reactive ketones (excluding diaryl/α,β-unsaturated/α-hetero) is 1. The third kappa shape index (κ3) is 2.50. The summed E-state index contributed by atoms with van der Waals surface area (Å²) in [6.45, 7) is 0.726. The van der Waals surface area contributed by atoms with Gasteiger partial charge in [0.25, 0.3) is 0 Å². The predicted molar refractivity (Wildman–Crippen MR) is 103 cm³/mol. The van der Waals surface area contributed by atoms with Crippen LogP contribution in [0.2, 0.25) is 0 Å². The minimum Gasteiger partial charge on any atom is -0.507 e. The van der Waals surface area contributed by atoms with E-state index in [1.807, 2.05) is 0 Å². The molecule has 8 nitrogen and oxygen atoms in total. The average molecular weight is 412 g/mol. The van der Waals surface area contributed by atoms with Crippen LogP contribution in [0, 0.1) is 0 Å². The molecule has 0 unspecified atom stereocenters. The summed E-state index contributed by atoms with van der Waals surface area (Å²) in [5.74, 6) is -3.64. The van der Waals surface area contributed by atoms with Gasteiger partial charge in [-0.3, -0.25) is 14.4 Å². The number of carbonyl (C=O) groups is 3. The fourth-order valence-corrected chi connectivity index (χ4v) is 4.66. The van der Waals surface area contributed by atoms with Gasteiger partial charge in [0, 0.05) is 23.1 Å². The molecule has 4 N–H and O–H groups in total. The van der Waals surface area contributed by atoms with Crippen molar-refractivity contribution in [2.75, 3.05) is 13.7 Å². The van der Waals surface area contributed by atoms with E-state index in [0.29, 0.717) is 0 Å². The van der Waals surface area contributed by atoms with E-state index < -0.39 is 53.4 Å². The van der Waals surface area contributed by atoms with Crippen LogP contribution in [0.25, 0.3) is 0 Å². The first-order valence-corrected chi connectivity index (χ1v) is 9.39. The molecule has 0 saturated heterocycles. The Morgan fingerprint density at radius 2 is 1.80 bits per heavy atom. The van der Waals surface area contributed by atoms with Crippen LogP contribution >= 0.6 is 0 Å². The van der Waals surface area contributed by atoms with E-state index >= 15 is 0 Å². The number of hydrogen-bond acceptors (Lipinski definition) is 8. The van der Waals surface area contributed by atoms with Crippen molar-refractivity contribution in [1.82, 2.24) is 0 Å². The number of methoxy groups -OCH3 is 1. The summed E-state index contributed by atoms with van der Waals surface area (Å²) in [6, 6.07) is 4.47. The molecule has 2 aromatic rings. The van der Waals surface area contributed by atoms with E-state index in [1.165, 1.54) is 25.3 Å². The van der Waals surface area contributed by atoms with Crippen LogP contribution in [0.3, 0.4) is 0 Å². The summed E-state index contributed by atoms with van der Waals surface area (Å²) < 4.78 is 5.20. The molecular weight excluding hydrogens is 392 g/mol. The molecule has 0 aliphatic heterocycles. The number of ketones is 3. The van der Waals surface area contributed by atoms with Crippen LogP contribution < -0.4 is 4.74 Å². The lowest BCUT2D eigenvalue weighted by molar-refractivity contribution is -0.142. The first-order chi connectivity index (χ1) is 14.2. The molecule has 0 amide bonds. The SMILES string of the molecule is COc1cccc2c1C(=O)c1c(O)c3c(c(O)c1C2=O)C[C@](O)(C(=O)CO)C[C@H]3C. The van der Waals surface area contributed by atoms with Crippen molar-refractivity contribution in [3.8, 4) is 17.2 Å². The second-order valence-corrected chi connectivity index (χ2v) is 7.78. The Morgan fingerprint density at radius 3 is 2.43 bits per heavy atom. The lowest BCUT2D eigenvalue weighted by atomic mass is 9.69. The lowest BCUT2D eigenvalue weighted by Crippen LogP contribution is -2.46. The molecule has 156 valence electrons. The Labute approximate surface area is 171 Å². The molecule has 0 saturated carbocycles. The van der Waals surface area contributed by atoms with Crippen molar-refractivity contribution in [1.29, 1.82) is 0 Å². The third-order valence-corrected chi connectivity index (χ3v) is 6.03. The lowest BCUT2D eigenvalue weighted by Gasteiger charge is -2.37. The maximum atomic E-state index is 13.2. The van der Waals surface area contributed by atoms with Gasteiger partial charge in [-0.05, 0) is 18.4 Å². The number of phenolic OH excluding ortho intramolecular Hbond substituents is 2. The molecule has 2 aromatic carbocycles. The van der Waals surface area contributed by atoms with Crippen molar-refractivity contribution < 1.29 is 39.5 Å². The monoisotopic (exact) mass is 412 g/mol. The number of aliphatic hydroxyl groups is 2. The zero-order valence-corrected chi connectivity index (χ0v) is 16.4. The summed E-state index contributed by atoms with van der Waals surface area (Å²) in [7, 11) is 1.36. The number of fused-ring (bicyclic) bond motifs is 3. The van der Waals surface area contributed by atoms with E-state index in [1.54, 1.807) is 6.92 Å². The summed E-state index contributed by atoms with van der Waals surface area (Å²) >= 11 is 0. The minimum absolute atomic E-state index is 0.00238. The number of aromatic hydroxyl groups is 2. The first-order valence-electron chi connectivity index (χ1n) is 9.39. The molecular formula is C22H20O8. The molecule has 4 rings (SSSR count). The molecule has 0 radical (unpaired) electrons. The molecule has 2 aliphatic rings. The molecule has 0 heterocycles. The molecule has 30 heavy (non-hydrogen) atoms. The standard InChI is InChI=1S/C22H20O8/c1-9-6-22(29,13(24)8-23)7-11-14(9)20(27)17-16(19(11)26)18(25)10-4-3-5-12(30-2)15(10)21(17)28/h3-5,9,23,26-27,29H,6-8H2,1-2H3/t9-,22+/m1/s1. The smallest absolute Gasteiger partial charge is 0.202 e. The molecule has 0 aromatic heterocycles. The van der Waals surface area contributed by atoms with Crippen molar-refractivity contribution in [2.24, 2.45) is 0 Å². The van der Waals surface area contributed by atoms with Crippen LogP contribution in [0.15, 0.2) is 18.2 Å². The number of rotatable bonds is 3. The summed E-state index contributed by atoms with van der Waals surface area (Å²) in [5.41, 5.74) is -2.41. The van der Waals surface area contributed by atoms with E-state index in [0.717, 1.165) is 0 Å². The number of phenols is 2. The van der Waals surface area contributed by atoms with Crippen LogP contribution in [0.1, 0.15) is 62.2 Å². The Bertz CT molecular complexity index is 1130. The fraction of sp³-hybridized carbons (Fsp3) is 0.318. The highest BCUT2D eigenvalue weighted by atomic mass is 16.5. The van der Waals surface area contributed by atoms with Crippen molar-refractivity contribution in [2.45, 2.75) is 31.3 Å². The van der Waals surface area contributed by atoms with E-state index in [4.69, 9.17) is 4.74 Å². The van der Waals surface area contributed by atoms with Gasteiger partial charge in [0.1, 0.15) is 29.5 Å². The first kappa shape index (κ1) is 20.1. The van der Waals surface area contributed by atoms with E-state index in [2.05, 4.69) is 0 Å². The largest absolute Gasteiger partial charge is 0.507 e. The summed E-state index contributed by atoms with van der Waals surface area (Å²) in [6.07, 6.45) is -0.515. The van der Waals surface area contributed by atoms with Gasteiger partial charge in [0.2, 0.25) is 5.78 Å². The molecule has 0 fully saturated rings. The number of ether oxygens (including phenoxy) is 1. The highest BCUT2D eigenvalue weighted by molar-refractivity contribution is 6.31. The molecule has 0 bridgehead atoms. The Morgan fingerprint density at radius 1 is 1.13 bits per heavy atom. The number of aliphatic hydroxyl groups excluding tert-OH is 1. The normalized spacial score (nSPS) is 22.2. The van der Waals surface area contributed by atoms with Gasteiger partial charge in [-0.25, -0.2) is 0 Å². The van der Waals surface area contributed by atoms with Crippen LogP contribution in [0.5, 0.6) is 17.2 Å². The van der Waals surface area contributed by atoms with Gasteiger partial charge in [-0.15, -0.1) is 0 Å². The number of hydrogen-bond donors (Lipinski definition) is 4. The van der Waals surface area contributed by atoms with Gasteiger partial charge in [-0.1, -0.05) is 19.1 Å². The maximum Gasteiger partial charge on any atom is 0.202 e. The van der Waals surface area contributed by atoms with Crippen LogP contribution in [-0.4, -0.2) is 57.1 Å². The minimum atomic E-state index is -1.96. The zero-order valence-electron chi connectivity index (χ0n) is 16.4. The van der Waals surface area contributed by atoms with Gasteiger partial charge in [0.05, 0.1) is 23.8 Å². The highest BCUT2D eigenvalue weighted by Gasteiger charge is 2.47. The maximum absolute atomic E-state index is 13.2. The van der Waals surface area contributed by atoms with Gasteiger partial charge in [-0.2, -0.15) is 0 Å². The van der Waals surface area contributed by atoms with Crippen molar-refractivity contribution in [3.63, 3.8) is 0 Å². The van der Waals surface area contributed by atoms with Crippen LogP contribution in [-0.2, 0) is 11.2 Å². The number of benzene rings is 2. The summed E-state index contributed by atoms with van der Waals surface area (Å²) in [4.78, 5) is 38.5. The molecule has 2 aliphatic carbocycles. The van der Waals surface area contributed by atoms with E-state index in [-0.39, 0.29) is 45.6 Å². The van der Waals surface area contributed by atoms with Crippen molar-refractivity contribution in [3.05, 3.63) is 51.6 Å². The van der Waals surface area contributed by atoms with Gasteiger partial charge >= 0.3 is 0 Å². The zero-order chi connectivity index (χ0) is 22.0. The van der Waals surface area contributed by atoms with Crippen molar-refractivity contribution >= 4 is 17.3 Å². The Balaban J connectivity index is 2.01. The molecule has 0 spiro atoms. The predicted octanol–water partition coefficient (Wildman–Crippen LogP) is 1.22. The van der Waals surface area contributed by atoms with E-state index in [9.17, 15) is 34.8 Å². The second kappa shape index (κ2) is 6.65. The number of carbonyl (C=O) groups excluding carboxylic acids is 3. The highest BCUT2D eigenvalue weighted by Crippen LogP contribution is 2.51. The molecule has 8 heteroatoms. The third-order valence-electron chi connectivity index (χ3n) is 6.03. The second-order valence-electron chi connectivity index (χ2n) is 7.78. The van der Waals surface area contributed by atoms with Crippen LogP contribution in [0.4, 0.5) is 0 Å². The topological polar surface area (TPSA) is 141 Å². The Hall–Kier alpha value is -3.23. The summed E-state index contributed by atoms with van der Waals surface area (Å²) in [5, 5.41) is 41.9. The fourth-order valence-electron chi connectivity index (χ4n) is 4.66. The average Bonchev–Trinajstić information content (AvgIpc) is 2.72.